The molecule has 4 nitrogen and oxygen atoms in total. The molecule has 0 bridgehead atoms. The van der Waals surface area contributed by atoms with E-state index in [1.165, 1.54) is 0 Å². The average molecular weight is 450 g/mol. The largest absolute Gasteiger partial charge is 0.436 e. The maximum absolute atomic E-state index is 6.10. The molecule has 4 heteroatoms. The molecule has 0 aliphatic rings. The van der Waals surface area contributed by atoms with Gasteiger partial charge in [-0.3, -0.25) is 0 Å². The van der Waals surface area contributed by atoms with Gasteiger partial charge in [-0.05, 0) is 35.7 Å². The molecule has 35 heavy (non-hydrogen) atoms. The molecule has 0 N–H and O–H groups in total. The van der Waals surface area contributed by atoms with Gasteiger partial charge in [-0.25, -0.2) is 15.0 Å². The van der Waals surface area contributed by atoms with E-state index in [9.17, 15) is 0 Å². The standard InChI is InChI=1S/C31H19N3O/c1-3-9-21(10-4-1)28-24-13-7-8-14-26(24)32-30(33-28)23-16-15-20-17-18-27-29(25(20)19-23)34-31(35-27)22-11-5-2-6-12-22/h1-19H. The highest BCUT2D eigenvalue weighted by atomic mass is 16.3. The van der Waals surface area contributed by atoms with Crippen molar-refractivity contribution in [1.29, 1.82) is 0 Å². The predicted octanol–water partition coefficient (Wildman–Crippen LogP) is 7.93. The maximum Gasteiger partial charge on any atom is 0.227 e. The van der Waals surface area contributed by atoms with Gasteiger partial charge in [-0.15, -0.1) is 0 Å². The lowest BCUT2D eigenvalue weighted by Crippen LogP contribution is -1.95. The topological polar surface area (TPSA) is 51.8 Å². The Bertz CT molecular complexity index is 1840. The molecular weight excluding hydrogens is 430 g/mol. The predicted molar refractivity (Wildman–Crippen MR) is 141 cm³/mol. The van der Waals surface area contributed by atoms with Crippen molar-refractivity contribution in [3.63, 3.8) is 0 Å². The normalized spacial score (nSPS) is 11.4. The minimum Gasteiger partial charge on any atom is -0.436 e. The van der Waals surface area contributed by atoms with Crippen LogP contribution in [0.5, 0.6) is 0 Å². The quantitative estimate of drug-likeness (QED) is 0.275. The first-order valence-electron chi connectivity index (χ1n) is 11.5. The fourth-order valence-electron chi connectivity index (χ4n) is 4.58. The van der Waals surface area contributed by atoms with E-state index in [-0.39, 0.29) is 0 Å². The molecule has 164 valence electrons. The summed E-state index contributed by atoms with van der Waals surface area (Å²) in [5.41, 5.74) is 6.42. The van der Waals surface area contributed by atoms with E-state index >= 15 is 0 Å². The minimum absolute atomic E-state index is 0.617. The third-order valence-corrected chi connectivity index (χ3v) is 6.31. The highest BCUT2D eigenvalue weighted by Crippen LogP contribution is 2.33. The molecule has 0 aliphatic heterocycles. The fraction of sp³-hybridized carbons (Fsp3) is 0. The second kappa shape index (κ2) is 7.89. The SMILES string of the molecule is c1ccc(-c2nc3c(ccc4ccc(-c5nc(-c6ccccc6)c6ccccc6n5)cc43)o2)cc1. The Morgan fingerprint density at radius 2 is 1.23 bits per heavy atom. The van der Waals surface area contributed by atoms with E-state index in [1.807, 2.05) is 72.8 Å². The molecule has 7 rings (SSSR count). The lowest BCUT2D eigenvalue weighted by Gasteiger charge is -2.10. The molecule has 0 spiro atoms. The van der Waals surface area contributed by atoms with E-state index in [4.69, 9.17) is 19.4 Å². The summed E-state index contributed by atoms with van der Waals surface area (Å²) in [4.78, 5) is 14.8. The van der Waals surface area contributed by atoms with Crippen molar-refractivity contribution in [2.75, 3.05) is 0 Å². The third kappa shape index (κ3) is 3.35. The Labute approximate surface area is 201 Å². The van der Waals surface area contributed by atoms with Gasteiger partial charge in [0.2, 0.25) is 5.89 Å². The Balaban J connectivity index is 1.44. The number of oxazole rings is 1. The highest BCUT2D eigenvalue weighted by molar-refractivity contribution is 6.05. The van der Waals surface area contributed by atoms with Crippen LogP contribution in [0.15, 0.2) is 120 Å². The Morgan fingerprint density at radius 3 is 2.06 bits per heavy atom. The van der Waals surface area contributed by atoms with Crippen LogP contribution in [0.1, 0.15) is 0 Å². The van der Waals surface area contributed by atoms with Crippen molar-refractivity contribution in [3.05, 3.63) is 115 Å². The van der Waals surface area contributed by atoms with Crippen molar-refractivity contribution in [1.82, 2.24) is 15.0 Å². The zero-order valence-corrected chi connectivity index (χ0v) is 18.7. The number of fused-ring (bicyclic) bond motifs is 4. The number of nitrogens with zero attached hydrogens (tertiary/aromatic N) is 3. The summed E-state index contributed by atoms with van der Waals surface area (Å²) < 4.78 is 6.10. The molecule has 0 aliphatic carbocycles. The maximum atomic E-state index is 6.10. The second-order valence-electron chi connectivity index (χ2n) is 8.51. The lowest BCUT2D eigenvalue weighted by molar-refractivity contribution is 0.620. The number of hydrogen-bond acceptors (Lipinski definition) is 4. The van der Waals surface area contributed by atoms with Crippen molar-refractivity contribution >= 4 is 32.8 Å². The summed E-state index contributed by atoms with van der Waals surface area (Å²) in [6.45, 7) is 0. The lowest BCUT2D eigenvalue weighted by atomic mass is 10.0. The molecule has 5 aromatic carbocycles. The first-order chi connectivity index (χ1) is 17.3. The number of benzene rings is 5. The Morgan fingerprint density at radius 1 is 0.514 bits per heavy atom. The van der Waals surface area contributed by atoms with Crippen LogP contribution in [0.3, 0.4) is 0 Å². The molecule has 7 aromatic rings. The fourth-order valence-corrected chi connectivity index (χ4v) is 4.58. The average Bonchev–Trinajstić information content (AvgIpc) is 3.38. The van der Waals surface area contributed by atoms with Crippen LogP contribution in [-0.4, -0.2) is 15.0 Å². The zero-order chi connectivity index (χ0) is 23.2. The van der Waals surface area contributed by atoms with E-state index in [0.717, 1.165) is 55.2 Å². The van der Waals surface area contributed by atoms with Crippen LogP contribution in [0.4, 0.5) is 0 Å². The van der Waals surface area contributed by atoms with Crippen LogP contribution in [0, 0.1) is 0 Å². The van der Waals surface area contributed by atoms with Gasteiger partial charge in [0.05, 0.1) is 11.2 Å². The molecule has 2 heterocycles. The van der Waals surface area contributed by atoms with Crippen LogP contribution < -0.4 is 0 Å². The van der Waals surface area contributed by atoms with Crippen molar-refractivity contribution in [2.45, 2.75) is 0 Å². The zero-order valence-electron chi connectivity index (χ0n) is 18.7. The van der Waals surface area contributed by atoms with E-state index in [0.29, 0.717) is 11.7 Å². The first kappa shape index (κ1) is 19.6. The summed E-state index contributed by atoms with van der Waals surface area (Å²) in [6, 6.07) is 38.7. The van der Waals surface area contributed by atoms with Crippen LogP contribution >= 0.6 is 0 Å². The number of para-hydroxylation sites is 1. The van der Waals surface area contributed by atoms with Crippen molar-refractivity contribution in [3.8, 4) is 34.1 Å². The van der Waals surface area contributed by atoms with Gasteiger partial charge in [0.1, 0.15) is 5.52 Å². The minimum atomic E-state index is 0.617. The first-order valence-corrected chi connectivity index (χ1v) is 11.5. The van der Waals surface area contributed by atoms with Crippen molar-refractivity contribution in [2.24, 2.45) is 0 Å². The summed E-state index contributed by atoms with van der Waals surface area (Å²) in [6.07, 6.45) is 0. The van der Waals surface area contributed by atoms with E-state index in [2.05, 4.69) is 42.5 Å². The van der Waals surface area contributed by atoms with Gasteiger partial charge in [0, 0.05) is 27.5 Å². The van der Waals surface area contributed by atoms with Gasteiger partial charge in [-0.1, -0.05) is 84.9 Å². The van der Waals surface area contributed by atoms with Crippen LogP contribution in [-0.2, 0) is 0 Å². The van der Waals surface area contributed by atoms with Gasteiger partial charge >= 0.3 is 0 Å². The summed E-state index contributed by atoms with van der Waals surface area (Å²) in [5, 5.41) is 3.15. The number of rotatable bonds is 3. The summed E-state index contributed by atoms with van der Waals surface area (Å²) in [7, 11) is 0. The molecular formula is C31H19N3O. The Kier molecular flexibility index (Phi) is 4.42. The van der Waals surface area contributed by atoms with Gasteiger partial charge in [-0.2, -0.15) is 0 Å². The summed E-state index contributed by atoms with van der Waals surface area (Å²) >= 11 is 0. The molecule has 0 radical (unpaired) electrons. The molecule has 0 saturated carbocycles. The highest BCUT2D eigenvalue weighted by Gasteiger charge is 2.14. The second-order valence-corrected chi connectivity index (χ2v) is 8.51. The summed E-state index contributed by atoms with van der Waals surface area (Å²) in [5.74, 6) is 1.31. The molecule has 0 atom stereocenters. The number of aromatic nitrogens is 3. The number of hydrogen-bond donors (Lipinski definition) is 0. The molecule has 0 amide bonds. The van der Waals surface area contributed by atoms with Crippen LogP contribution in [0.25, 0.3) is 66.9 Å². The third-order valence-electron chi connectivity index (χ3n) is 6.31. The monoisotopic (exact) mass is 449 g/mol. The van der Waals surface area contributed by atoms with E-state index < -0.39 is 0 Å². The van der Waals surface area contributed by atoms with Crippen LogP contribution in [0.2, 0.25) is 0 Å². The smallest absolute Gasteiger partial charge is 0.227 e. The molecule has 0 fully saturated rings. The molecule has 2 aromatic heterocycles. The molecule has 0 unspecified atom stereocenters. The van der Waals surface area contributed by atoms with Crippen molar-refractivity contribution < 1.29 is 4.42 Å². The van der Waals surface area contributed by atoms with Gasteiger partial charge < -0.3 is 4.42 Å². The Hall–Kier alpha value is -4.83. The van der Waals surface area contributed by atoms with Gasteiger partial charge in [0.25, 0.3) is 0 Å². The van der Waals surface area contributed by atoms with E-state index in [1.54, 1.807) is 0 Å². The van der Waals surface area contributed by atoms with Gasteiger partial charge in [0.15, 0.2) is 11.4 Å². The molecule has 0 saturated heterocycles.